The molecule has 0 bridgehead atoms. The molecule has 7 heteroatoms. The highest BCUT2D eigenvalue weighted by molar-refractivity contribution is 6.06. The summed E-state index contributed by atoms with van der Waals surface area (Å²) in [5.41, 5.74) is -1.57. The van der Waals surface area contributed by atoms with E-state index >= 15 is 0 Å². The fourth-order valence-corrected chi connectivity index (χ4v) is 1.21. The molecule has 0 aromatic carbocycles. The first kappa shape index (κ1) is 12.6. The van der Waals surface area contributed by atoms with Crippen molar-refractivity contribution in [3.63, 3.8) is 0 Å². The van der Waals surface area contributed by atoms with E-state index in [1.165, 1.54) is 14.1 Å². The summed E-state index contributed by atoms with van der Waals surface area (Å²) in [5.74, 6) is -2.05. The minimum absolute atomic E-state index is 0.257. The van der Waals surface area contributed by atoms with Gasteiger partial charge in [0.2, 0.25) is 0 Å². The lowest BCUT2D eigenvalue weighted by Gasteiger charge is -2.03. The molecule has 1 aromatic rings. The molecule has 0 atom stereocenters. The lowest BCUT2D eigenvalue weighted by molar-refractivity contribution is -0.131. The van der Waals surface area contributed by atoms with Crippen LogP contribution in [0, 0.1) is 0 Å². The number of hydrogen-bond acceptors (Lipinski definition) is 4. The van der Waals surface area contributed by atoms with E-state index in [1.807, 2.05) is 0 Å². The van der Waals surface area contributed by atoms with Crippen molar-refractivity contribution in [3.05, 3.63) is 44.8 Å². The molecule has 1 aromatic heterocycles. The van der Waals surface area contributed by atoms with Gasteiger partial charge in [-0.05, 0) is 6.08 Å². The first-order valence-corrected chi connectivity index (χ1v) is 4.56. The monoisotopic (exact) mass is 238 g/mol. The normalized spacial score (nSPS) is 10.7. The Morgan fingerprint density at radius 2 is 1.82 bits per heavy atom. The topological polar surface area (TPSA) is 98.4 Å². The lowest BCUT2D eigenvalue weighted by Crippen LogP contribution is -2.39. The van der Waals surface area contributed by atoms with Crippen molar-refractivity contribution in [1.82, 2.24) is 9.13 Å². The minimum atomic E-state index is -1.29. The quantitative estimate of drug-likeness (QED) is 0.532. The number of hydrogen-bond donors (Lipinski definition) is 1. The Labute approximate surface area is 95.2 Å². The number of aryl methyl sites for hydroxylation is 1. The molecule has 0 saturated heterocycles. The predicted octanol–water partition coefficient (Wildman–Crippen LogP) is -1.09. The van der Waals surface area contributed by atoms with Gasteiger partial charge in [0.1, 0.15) is 5.56 Å². The third-order valence-electron chi connectivity index (χ3n) is 2.09. The first-order chi connectivity index (χ1) is 7.84. The molecular formula is C10H10N2O5. The number of rotatable bonds is 3. The molecular weight excluding hydrogens is 228 g/mol. The zero-order valence-corrected chi connectivity index (χ0v) is 9.21. The van der Waals surface area contributed by atoms with Crippen molar-refractivity contribution in [1.29, 1.82) is 0 Å². The van der Waals surface area contributed by atoms with Crippen LogP contribution < -0.4 is 11.2 Å². The average molecular weight is 238 g/mol. The van der Waals surface area contributed by atoms with Gasteiger partial charge in [-0.15, -0.1) is 0 Å². The average Bonchev–Trinajstić information content (AvgIpc) is 2.28. The highest BCUT2D eigenvalue weighted by Gasteiger charge is 2.12. The third kappa shape index (κ3) is 2.57. The molecule has 0 saturated carbocycles. The van der Waals surface area contributed by atoms with Gasteiger partial charge in [-0.25, -0.2) is 9.59 Å². The summed E-state index contributed by atoms with van der Waals surface area (Å²) >= 11 is 0. The van der Waals surface area contributed by atoms with Gasteiger partial charge in [0.15, 0.2) is 5.78 Å². The Hall–Kier alpha value is -2.44. The Balaban J connectivity index is 3.35. The summed E-state index contributed by atoms with van der Waals surface area (Å²) in [5, 5.41) is 8.35. The van der Waals surface area contributed by atoms with Crippen LogP contribution in [0.5, 0.6) is 0 Å². The Morgan fingerprint density at radius 3 is 2.35 bits per heavy atom. The van der Waals surface area contributed by atoms with Crippen molar-refractivity contribution in [2.45, 2.75) is 0 Å². The molecule has 0 spiro atoms. The van der Waals surface area contributed by atoms with Gasteiger partial charge >= 0.3 is 11.7 Å². The summed E-state index contributed by atoms with van der Waals surface area (Å²) in [6.07, 6.45) is 2.48. The Bertz CT molecular complexity index is 621. The summed E-state index contributed by atoms with van der Waals surface area (Å²) in [4.78, 5) is 44.6. The number of nitrogens with zero attached hydrogens (tertiary/aromatic N) is 2. The molecule has 1 N–H and O–H groups in total. The fraction of sp³-hybridized carbons (Fsp3) is 0.200. The SMILES string of the molecule is Cn1cc(C(=O)C=CC(=O)O)c(=O)n(C)c1=O. The molecule has 1 heterocycles. The lowest BCUT2D eigenvalue weighted by atomic mass is 10.2. The first-order valence-electron chi connectivity index (χ1n) is 4.56. The highest BCUT2D eigenvalue weighted by Crippen LogP contribution is 1.92. The van der Waals surface area contributed by atoms with Gasteiger partial charge in [0, 0.05) is 26.4 Å². The van der Waals surface area contributed by atoms with Crippen LogP contribution in [0.15, 0.2) is 27.9 Å². The van der Waals surface area contributed by atoms with Gasteiger partial charge in [-0.3, -0.25) is 14.2 Å². The van der Waals surface area contributed by atoms with Crippen LogP contribution in [0.4, 0.5) is 0 Å². The van der Waals surface area contributed by atoms with E-state index in [0.29, 0.717) is 6.08 Å². The fourth-order valence-electron chi connectivity index (χ4n) is 1.21. The number of aromatic nitrogens is 2. The van der Waals surface area contributed by atoms with Gasteiger partial charge in [-0.1, -0.05) is 0 Å². The largest absolute Gasteiger partial charge is 0.478 e. The smallest absolute Gasteiger partial charge is 0.330 e. The molecule has 0 aliphatic carbocycles. The summed E-state index contributed by atoms with van der Waals surface area (Å²) in [6, 6.07) is 0. The Kier molecular flexibility index (Phi) is 3.42. The molecule has 7 nitrogen and oxygen atoms in total. The van der Waals surface area contributed by atoms with Crippen LogP contribution in [0.3, 0.4) is 0 Å². The maximum atomic E-state index is 11.6. The van der Waals surface area contributed by atoms with E-state index in [2.05, 4.69) is 0 Å². The molecule has 0 fully saturated rings. The van der Waals surface area contributed by atoms with E-state index < -0.39 is 23.0 Å². The van der Waals surface area contributed by atoms with Crippen LogP contribution in [-0.4, -0.2) is 26.0 Å². The van der Waals surface area contributed by atoms with E-state index in [4.69, 9.17) is 5.11 Å². The molecule has 90 valence electrons. The second-order valence-electron chi connectivity index (χ2n) is 3.34. The van der Waals surface area contributed by atoms with Crippen LogP contribution in [0.2, 0.25) is 0 Å². The van der Waals surface area contributed by atoms with Crippen molar-refractivity contribution >= 4 is 11.8 Å². The molecule has 17 heavy (non-hydrogen) atoms. The second kappa shape index (κ2) is 4.60. The summed E-state index contributed by atoms with van der Waals surface area (Å²) in [7, 11) is 2.63. The highest BCUT2D eigenvalue weighted by atomic mass is 16.4. The van der Waals surface area contributed by atoms with Crippen LogP contribution in [0.25, 0.3) is 0 Å². The van der Waals surface area contributed by atoms with Gasteiger partial charge in [-0.2, -0.15) is 0 Å². The maximum Gasteiger partial charge on any atom is 0.330 e. The number of carbonyl (C=O) groups excluding carboxylic acids is 1. The number of carboxylic acids is 1. The predicted molar refractivity (Wildman–Crippen MR) is 58.0 cm³/mol. The van der Waals surface area contributed by atoms with E-state index in [1.54, 1.807) is 0 Å². The van der Waals surface area contributed by atoms with Crippen LogP contribution >= 0.6 is 0 Å². The zero-order valence-electron chi connectivity index (χ0n) is 9.21. The summed E-state index contributed by atoms with van der Waals surface area (Å²) < 4.78 is 1.85. The van der Waals surface area contributed by atoms with Crippen molar-refractivity contribution < 1.29 is 14.7 Å². The zero-order chi connectivity index (χ0) is 13.2. The number of ketones is 1. The number of carbonyl (C=O) groups is 2. The van der Waals surface area contributed by atoms with E-state index in [0.717, 1.165) is 21.4 Å². The van der Waals surface area contributed by atoms with E-state index in [9.17, 15) is 19.2 Å². The van der Waals surface area contributed by atoms with E-state index in [-0.39, 0.29) is 5.56 Å². The molecule has 0 radical (unpaired) electrons. The maximum absolute atomic E-state index is 11.6. The third-order valence-corrected chi connectivity index (χ3v) is 2.09. The number of aliphatic carboxylic acids is 1. The second-order valence-corrected chi connectivity index (χ2v) is 3.34. The van der Waals surface area contributed by atoms with Crippen molar-refractivity contribution in [2.75, 3.05) is 0 Å². The number of allylic oxidation sites excluding steroid dienone is 1. The molecule has 0 aliphatic heterocycles. The van der Waals surface area contributed by atoms with Gasteiger partial charge in [0.25, 0.3) is 5.56 Å². The molecule has 1 rings (SSSR count). The van der Waals surface area contributed by atoms with Crippen LogP contribution in [0.1, 0.15) is 10.4 Å². The van der Waals surface area contributed by atoms with Crippen molar-refractivity contribution in [3.8, 4) is 0 Å². The van der Waals surface area contributed by atoms with Crippen LogP contribution in [-0.2, 0) is 18.9 Å². The molecule has 0 unspecified atom stereocenters. The Morgan fingerprint density at radius 1 is 1.24 bits per heavy atom. The standard InChI is InChI=1S/C10H10N2O5/c1-11-5-6(7(13)3-4-8(14)15)9(16)12(2)10(11)17/h3-5H,1-2H3,(H,14,15). The van der Waals surface area contributed by atoms with Gasteiger partial charge in [0.05, 0.1) is 0 Å². The number of carboxylic acid groups (broad SMARTS) is 1. The molecule has 0 aliphatic rings. The summed E-state index contributed by atoms with van der Waals surface area (Å²) in [6.45, 7) is 0. The van der Waals surface area contributed by atoms with Crippen molar-refractivity contribution in [2.24, 2.45) is 14.1 Å². The van der Waals surface area contributed by atoms with Gasteiger partial charge < -0.3 is 9.67 Å². The molecule has 0 amide bonds. The minimum Gasteiger partial charge on any atom is -0.478 e.